The molecule has 1 atom stereocenters. The van der Waals surface area contributed by atoms with Crippen molar-refractivity contribution in [2.75, 3.05) is 17.7 Å². The number of carbonyl (C=O) groups excluding carboxylic acids is 1. The Morgan fingerprint density at radius 2 is 1.82 bits per heavy atom. The minimum Gasteiger partial charge on any atom is -0.463 e. The van der Waals surface area contributed by atoms with Gasteiger partial charge in [0.1, 0.15) is 11.6 Å². The Balaban J connectivity index is 1.91. The van der Waals surface area contributed by atoms with Crippen LogP contribution in [0.4, 0.5) is 11.8 Å². The first kappa shape index (κ1) is 26.5. The highest BCUT2D eigenvalue weighted by molar-refractivity contribution is 5.94. The SMILES string of the molecule is CCOC(=O)/C(C)=C/c1c(C)nc(N)nc1NC(CC)c1nc2cccc(C)c2c(=O)n1-c1ccccc1. The maximum atomic E-state index is 13.9. The van der Waals surface area contributed by atoms with Crippen molar-refractivity contribution in [2.24, 2.45) is 0 Å². The van der Waals surface area contributed by atoms with E-state index in [9.17, 15) is 9.59 Å². The van der Waals surface area contributed by atoms with Gasteiger partial charge in [0, 0.05) is 11.1 Å². The van der Waals surface area contributed by atoms with Gasteiger partial charge in [0.15, 0.2) is 0 Å². The van der Waals surface area contributed by atoms with E-state index in [2.05, 4.69) is 15.3 Å². The van der Waals surface area contributed by atoms with E-state index in [-0.39, 0.29) is 18.1 Å². The first-order chi connectivity index (χ1) is 18.2. The molecule has 3 N–H and O–H groups in total. The molecule has 4 rings (SSSR count). The van der Waals surface area contributed by atoms with E-state index in [0.29, 0.717) is 51.5 Å². The summed E-state index contributed by atoms with van der Waals surface area (Å²) < 4.78 is 6.78. The lowest BCUT2D eigenvalue weighted by molar-refractivity contribution is -0.138. The summed E-state index contributed by atoms with van der Waals surface area (Å²) >= 11 is 0. The van der Waals surface area contributed by atoms with Crippen molar-refractivity contribution in [1.29, 1.82) is 0 Å². The van der Waals surface area contributed by atoms with Crippen molar-refractivity contribution >= 4 is 34.7 Å². The van der Waals surface area contributed by atoms with E-state index >= 15 is 0 Å². The van der Waals surface area contributed by atoms with Gasteiger partial charge in [-0.3, -0.25) is 9.36 Å². The zero-order chi connectivity index (χ0) is 27.4. The van der Waals surface area contributed by atoms with Gasteiger partial charge in [-0.05, 0) is 64.0 Å². The van der Waals surface area contributed by atoms with E-state index in [0.717, 1.165) is 5.56 Å². The molecule has 196 valence electrons. The third-order valence-electron chi connectivity index (χ3n) is 6.29. The predicted molar refractivity (Wildman–Crippen MR) is 150 cm³/mol. The highest BCUT2D eigenvalue weighted by Gasteiger charge is 2.23. The zero-order valence-electron chi connectivity index (χ0n) is 22.3. The zero-order valence-corrected chi connectivity index (χ0v) is 22.3. The van der Waals surface area contributed by atoms with Gasteiger partial charge in [-0.1, -0.05) is 37.3 Å². The lowest BCUT2D eigenvalue weighted by Gasteiger charge is -2.23. The average molecular weight is 513 g/mol. The number of anilines is 2. The second kappa shape index (κ2) is 11.2. The third-order valence-corrected chi connectivity index (χ3v) is 6.29. The van der Waals surface area contributed by atoms with E-state index < -0.39 is 12.0 Å². The highest BCUT2D eigenvalue weighted by atomic mass is 16.5. The molecular weight excluding hydrogens is 480 g/mol. The number of esters is 1. The number of hydrogen-bond donors (Lipinski definition) is 2. The molecule has 2 heterocycles. The van der Waals surface area contributed by atoms with Crippen molar-refractivity contribution in [2.45, 2.75) is 47.1 Å². The van der Waals surface area contributed by atoms with Crippen molar-refractivity contribution in [1.82, 2.24) is 19.5 Å². The lowest BCUT2D eigenvalue weighted by Crippen LogP contribution is -2.29. The number of nitrogens with one attached hydrogen (secondary N) is 1. The van der Waals surface area contributed by atoms with Gasteiger partial charge in [-0.15, -0.1) is 0 Å². The number of aryl methyl sites for hydroxylation is 2. The summed E-state index contributed by atoms with van der Waals surface area (Å²) in [7, 11) is 0. The number of nitrogens with two attached hydrogens (primary N) is 1. The van der Waals surface area contributed by atoms with Crippen LogP contribution in [0.2, 0.25) is 0 Å². The summed E-state index contributed by atoms with van der Waals surface area (Å²) in [6.45, 7) is 9.41. The Hall–Kier alpha value is -4.53. The Morgan fingerprint density at radius 3 is 2.50 bits per heavy atom. The minimum absolute atomic E-state index is 0.0911. The molecule has 2 aromatic heterocycles. The molecule has 2 aromatic carbocycles. The number of para-hydroxylation sites is 1. The van der Waals surface area contributed by atoms with Crippen LogP contribution in [0.25, 0.3) is 22.7 Å². The van der Waals surface area contributed by atoms with Crippen molar-refractivity contribution < 1.29 is 9.53 Å². The first-order valence-corrected chi connectivity index (χ1v) is 12.6. The van der Waals surface area contributed by atoms with Crippen molar-refractivity contribution in [3.05, 3.63) is 87.1 Å². The number of carbonyl (C=O) groups is 1. The summed E-state index contributed by atoms with van der Waals surface area (Å²) in [5.74, 6) is 0.636. The topological polar surface area (TPSA) is 125 Å². The van der Waals surface area contributed by atoms with E-state index in [1.807, 2.05) is 62.4 Å². The molecule has 0 aliphatic carbocycles. The largest absolute Gasteiger partial charge is 0.463 e. The normalized spacial score (nSPS) is 12.4. The predicted octanol–water partition coefficient (Wildman–Crippen LogP) is 4.90. The van der Waals surface area contributed by atoms with Crippen LogP contribution in [0.1, 0.15) is 55.9 Å². The molecule has 0 radical (unpaired) electrons. The fraction of sp³-hybridized carbons (Fsp3) is 0.276. The van der Waals surface area contributed by atoms with Gasteiger partial charge in [-0.25, -0.2) is 14.8 Å². The van der Waals surface area contributed by atoms with Crippen molar-refractivity contribution in [3.8, 4) is 5.69 Å². The maximum Gasteiger partial charge on any atom is 0.333 e. The molecule has 0 fully saturated rings. The van der Waals surface area contributed by atoms with Crippen LogP contribution in [-0.2, 0) is 9.53 Å². The smallest absolute Gasteiger partial charge is 0.333 e. The summed E-state index contributed by atoms with van der Waals surface area (Å²) in [6, 6.07) is 14.7. The summed E-state index contributed by atoms with van der Waals surface area (Å²) in [6.07, 6.45) is 2.27. The Bertz CT molecular complexity index is 1580. The molecule has 0 aliphatic heterocycles. The van der Waals surface area contributed by atoms with Crippen LogP contribution in [-0.4, -0.2) is 32.1 Å². The van der Waals surface area contributed by atoms with Gasteiger partial charge in [0.05, 0.1) is 34.9 Å². The molecule has 9 nitrogen and oxygen atoms in total. The summed E-state index contributed by atoms with van der Waals surface area (Å²) in [4.78, 5) is 39.9. The quantitative estimate of drug-likeness (QED) is 0.252. The number of nitrogen functional groups attached to an aromatic ring is 1. The molecule has 4 aromatic rings. The van der Waals surface area contributed by atoms with Crippen molar-refractivity contribution in [3.63, 3.8) is 0 Å². The molecule has 38 heavy (non-hydrogen) atoms. The molecular formula is C29H32N6O3. The standard InChI is InChI=1S/C29H32N6O3/c1-6-22(32-25-21(19(5)31-29(30)34-25)16-18(4)28(37)38-7-2)26-33-23-15-11-12-17(3)24(23)27(36)35(26)20-13-9-8-10-14-20/h8-16,22H,6-7H2,1-5H3,(H3,30,31,32,34)/b18-16+. The number of hydrogen-bond acceptors (Lipinski definition) is 8. The molecule has 0 aliphatic rings. The number of nitrogens with zero attached hydrogens (tertiary/aromatic N) is 4. The van der Waals surface area contributed by atoms with Crippen LogP contribution in [0.3, 0.4) is 0 Å². The van der Waals surface area contributed by atoms with Crippen LogP contribution >= 0.6 is 0 Å². The summed E-state index contributed by atoms with van der Waals surface area (Å²) in [5, 5.41) is 4.01. The Labute approximate surface area is 221 Å². The lowest BCUT2D eigenvalue weighted by atomic mass is 10.1. The fourth-order valence-electron chi connectivity index (χ4n) is 4.39. The van der Waals surface area contributed by atoms with Gasteiger partial charge in [0.25, 0.3) is 5.56 Å². The van der Waals surface area contributed by atoms with Crippen LogP contribution < -0.4 is 16.6 Å². The Morgan fingerprint density at radius 1 is 1.08 bits per heavy atom. The van der Waals surface area contributed by atoms with Gasteiger partial charge in [-0.2, -0.15) is 4.98 Å². The number of fused-ring (bicyclic) bond motifs is 1. The molecule has 1 unspecified atom stereocenters. The molecule has 0 amide bonds. The third kappa shape index (κ3) is 5.27. The number of rotatable bonds is 8. The second-order valence-electron chi connectivity index (χ2n) is 9.00. The molecule has 0 saturated carbocycles. The van der Waals surface area contributed by atoms with Crippen LogP contribution in [0, 0.1) is 13.8 Å². The van der Waals surface area contributed by atoms with Gasteiger partial charge in [0.2, 0.25) is 5.95 Å². The Kier molecular flexibility index (Phi) is 7.85. The van der Waals surface area contributed by atoms with Gasteiger partial charge >= 0.3 is 5.97 Å². The second-order valence-corrected chi connectivity index (χ2v) is 9.00. The minimum atomic E-state index is -0.425. The maximum absolute atomic E-state index is 13.9. The van der Waals surface area contributed by atoms with E-state index in [1.165, 1.54) is 0 Å². The first-order valence-electron chi connectivity index (χ1n) is 12.6. The number of ether oxygens (including phenoxy) is 1. The molecule has 9 heteroatoms. The van der Waals surface area contributed by atoms with Gasteiger partial charge < -0.3 is 15.8 Å². The number of benzene rings is 2. The number of aromatic nitrogens is 4. The van der Waals surface area contributed by atoms with Crippen LogP contribution in [0.5, 0.6) is 0 Å². The summed E-state index contributed by atoms with van der Waals surface area (Å²) in [5.41, 5.74) is 9.66. The molecule has 0 saturated heterocycles. The van der Waals surface area contributed by atoms with Crippen LogP contribution in [0.15, 0.2) is 58.9 Å². The van der Waals surface area contributed by atoms with E-state index in [4.69, 9.17) is 15.5 Å². The molecule has 0 bridgehead atoms. The molecule has 0 spiro atoms. The average Bonchev–Trinajstić information content (AvgIpc) is 2.89. The highest BCUT2D eigenvalue weighted by Crippen LogP contribution is 2.28. The fourth-order valence-corrected chi connectivity index (χ4v) is 4.39. The monoisotopic (exact) mass is 512 g/mol. The van der Waals surface area contributed by atoms with E-state index in [1.54, 1.807) is 31.4 Å².